The van der Waals surface area contributed by atoms with Crippen LogP contribution in [-0.2, 0) is 6.42 Å². The van der Waals surface area contributed by atoms with Gasteiger partial charge in [0, 0.05) is 12.1 Å². The van der Waals surface area contributed by atoms with Crippen molar-refractivity contribution in [2.24, 2.45) is 5.92 Å². The van der Waals surface area contributed by atoms with Gasteiger partial charge in [-0.2, -0.15) is 0 Å². The van der Waals surface area contributed by atoms with Gasteiger partial charge in [0.05, 0.1) is 22.3 Å². The van der Waals surface area contributed by atoms with Crippen LogP contribution >= 0.6 is 0 Å². The molecule has 0 radical (unpaired) electrons. The minimum atomic E-state index is 0.132. The van der Waals surface area contributed by atoms with Crippen molar-refractivity contribution in [2.75, 3.05) is 5.32 Å². The van der Waals surface area contributed by atoms with Crippen molar-refractivity contribution in [3.63, 3.8) is 0 Å². The standard InChI is InChI=1S/C23H23N5O/c1-13-8-14(2)10-16(9-13)24-22-21-19(11-15(3)12-20(21)29)28(27-22)23-25-17-6-4-5-7-18(17)26-23/h4-10,15H,11-12H2,1-3H3,(H,24,27)(H,25,26). The van der Waals surface area contributed by atoms with Crippen molar-refractivity contribution in [1.82, 2.24) is 19.7 Å². The van der Waals surface area contributed by atoms with Crippen LogP contribution in [0.1, 0.15) is 40.5 Å². The second kappa shape index (κ2) is 6.58. The molecule has 2 N–H and O–H groups in total. The monoisotopic (exact) mass is 385 g/mol. The molecular weight excluding hydrogens is 362 g/mol. The maximum Gasteiger partial charge on any atom is 0.229 e. The Balaban J connectivity index is 1.66. The predicted molar refractivity (Wildman–Crippen MR) is 114 cm³/mol. The third kappa shape index (κ3) is 3.10. The number of nitrogens with zero attached hydrogens (tertiary/aromatic N) is 3. The number of H-pyrrole nitrogens is 1. The molecule has 0 amide bonds. The summed E-state index contributed by atoms with van der Waals surface area (Å²) >= 11 is 0. The molecule has 0 bridgehead atoms. The van der Waals surface area contributed by atoms with Crippen molar-refractivity contribution in [3.05, 3.63) is 64.8 Å². The lowest BCUT2D eigenvalue weighted by molar-refractivity contribution is 0.0953. The Hall–Kier alpha value is -3.41. The zero-order valence-electron chi connectivity index (χ0n) is 16.8. The number of imidazole rings is 1. The van der Waals surface area contributed by atoms with Gasteiger partial charge in [0.1, 0.15) is 0 Å². The number of hydrogen-bond donors (Lipinski definition) is 2. The zero-order chi connectivity index (χ0) is 20.1. The summed E-state index contributed by atoms with van der Waals surface area (Å²) in [5.41, 5.74) is 6.70. The minimum absolute atomic E-state index is 0.132. The fraction of sp³-hybridized carbons (Fsp3) is 0.261. The lowest BCUT2D eigenvalue weighted by Gasteiger charge is -2.18. The molecule has 0 fully saturated rings. The van der Waals surface area contributed by atoms with Gasteiger partial charge in [-0.3, -0.25) is 4.79 Å². The fourth-order valence-corrected chi connectivity index (χ4v) is 4.24. The number of para-hydroxylation sites is 2. The third-order valence-corrected chi connectivity index (χ3v) is 5.40. The average Bonchev–Trinajstić information content (AvgIpc) is 3.22. The number of carbonyl (C=O) groups is 1. The van der Waals surface area contributed by atoms with Crippen LogP contribution in [0.2, 0.25) is 0 Å². The summed E-state index contributed by atoms with van der Waals surface area (Å²) in [7, 11) is 0. The largest absolute Gasteiger partial charge is 0.338 e. The van der Waals surface area contributed by atoms with Crippen LogP contribution in [0.4, 0.5) is 11.5 Å². The molecule has 4 aromatic rings. The molecule has 2 aromatic carbocycles. The van der Waals surface area contributed by atoms with Crippen LogP contribution in [0.3, 0.4) is 0 Å². The lowest BCUT2D eigenvalue weighted by Crippen LogP contribution is -2.20. The summed E-state index contributed by atoms with van der Waals surface area (Å²) in [5, 5.41) is 8.18. The van der Waals surface area contributed by atoms with Gasteiger partial charge in [-0.05, 0) is 61.6 Å². The summed E-state index contributed by atoms with van der Waals surface area (Å²) < 4.78 is 1.80. The van der Waals surface area contributed by atoms with E-state index < -0.39 is 0 Å². The third-order valence-electron chi connectivity index (χ3n) is 5.40. The second-order valence-electron chi connectivity index (χ2n) is 8.10. The quantitative estimate of drug-likeness (QED) is 0.527. The Bertz CT molecular complexity index is 1200. The minimum Gasteiger partial charge on any atom is -0.338 e. The molecule has 1 atom stereocenters. The summed E-state index contributed by atoms with van der Waals surface area (Å²) in [6.45, 7) is 6.23. The Morgan fingerprint density at radius 1 is 1.10 bits per heavy atom. The number of ketones is 1. The first-order valence-corrected chi connectivity index (χ1v) is 9.93. The van der Waals surface area contributed by atoms with Gasteiger partial charge in [-0.25, -0.2) is 9.67 Å². The Morgan fingerprint density at radius 2 is 1.86 bits per heavy atom. The number of hydrogen-bond acceptors (Lipinski definition) is 4. The van der Waals surface area contributed by atoms with E-state index in [1.54, 1.807) is 4.68 Å². The highest BCUT2D eigenvalue weighted by Crippen LogP contribution is 2.34. The number of rotatable bonds is 3. The predicted octanol–water partition coefficient (Wildman–Crippen LogP) is 4.87. The van der Waals surface area contributed by atoms with Gasteiger partial charge in [0.2, 0.25) is 5.95 Å². The zero-order valence-corrected chi connectivity index (χ0v) is 16.8. The first kappa shape index (κ1) is 17.7. The lowest BCUT2D eigenvalue weighted by atomic mass is 9.88. The molecule has 2 aromatic heterocycles. The molecule has 2 heterocycles. The number of nitrogens with one attached hydrogen (secondary N) is 2. The van der Waals surface area contributed by atoms with Gasteiger partial charge < -0.3 is 10.3 Å². The molecule has 1 unspecified atom stereocenters. The van der Waals surface area contributed by atoms with Gasteiger partial charge in [0.15, 0.2) is 11.6 Å². The first-order chi connectivity index (χ1) is 14.0. The van der Waals surface area contributed by atoms with E-state index >= 15 is 0 Å². The van der Waals surface area contributed by atoms with E-state index in [2.05, 4.69) is 49.3 Å². The van der Waals surface area contributed by atoms with Crippen LogP contribution in [0.25, 0.3) is 17.0 Å². The van der Waals surface area contributed by atoms with E-state index in [4.69, 9.17) is 10.1 Å². The average molecular weight is 385 g/mol. The highest BCUT2D eigenvalue weighted by Gasteiger charge is 2.31. The number of Topliss-reactive ketones (excluding diaryl/α,β-unsaturated/α-hetero) is 1. The number of aromatic amines is 1. The number of carbonyl (C=O) groups excluding carboxylic acids is 1. The molecule has 0 saturated carbocycles. The fourth-order valence-electron chi connectivity index (χ4n) is 4.24. The first-order valence-electron chi connectivity index (χ1n) is 9.93. The van der Waals surface area contributed by atoms with Crippen LogP contribution in [-0.4, -0.2) is 25.5 Å². The van der Waals surface area contributed by atoms with Crippen molar-refractivity contribution in [3.8, 4) is 5.95 Å². The molecule has 5 rings (SSSR count). The summed E-state index contributed by atoms with van der Waals surface area (Å²) in [6.07, 6.45) is 1.33. The molecule has 146 valence electrons. The van der Waals surface area contributed by atoms with Crippen molar-refractivity contribution in [2.45, 2.75) is 33.6 Å². The summed E-state index contributed by atoms with van der Waals surface area (Å²) in [5.74, 6) is 1.65. The number of benzene rings is 2. The highest BCUT2D eigenvalue weighted by atomic mass is 16.1. The maximum atomic E-state index is 12.9. The van der Waals surface area contributed by atoms with Gasteiger partial charge >= 0.3 is 0 Å². The van der Waals surface area contributed by atoms with Gasteiger partial charge in [0.25, 0.3) is 0 Å². The molecule has 1 aliphatic carbocycles. The van der Waals surface area contributed by atoms with Crippen molar-refractivity contribution < 1.29 is 4.79 Å². The summed E-state index contributed by atoms with van der Waals surface area (Å²) in [6, 6.07) is 14.1. The maximum absolute atomic E-state index is 12.9. The van der Waals surface area contributed by atoms with Crippen molar-refractivity contribution in [1.29, 1.82) is 0 Å². The van der Waals surface area contributed by atoms with E-state index in [-0.39, 0.29) is 11.7 Å². The number of aryl methyl sites for hydroxylation is 2. The smallest absolute Gasteiger partial charge is 0.229 e. The highest BCUT2D eigenvalue weighted by molar-refractivity contribution is 6.03. The Labute approximate surface area is 169 Å². The van der Waals surface area contributed by atoms with Gasteiger partial charge in [-0.1, -0.05) is 25.1 Å². The van der Waals surface area contributed by atoms with E-state index in [0.717, 1.165) is 40.0 Å². The number of fused-ring (bicyclic) bond motifs is 2. The van der Waals surface area contributed by atoms with E-state index in [0.29, 0.717) is 23.8 Å². The Morgan fingerprint density at radius 3 is 2.62 bits per heavy atom. The summed E-state index contributed by atoms with van der Waals surface area (Å²) in [4.78, 5) is 21.0. The SMILES string of the molecule is Cc1cc(C)cc(Nc2nn(-c3nc4ccccc4[nH]3)c3c2C(=O)CC(C)C3)c1. The van der Waals surface area contributed by atoms with E-state index in [9.17, 15) is 4.79 Å². The molecule has 0 spiro atoms. The number of aromatic nitrogens is 4. The molecule has 1 aliphatic rings. The van der Waals surface area contributed by atoms with E-state index in [1.807, 2.05) is 24.3 Å². The van der Waals surface area contributed by atoms with Crippen LogP contribution in [0.5, 0.6) is 0 Å². The second-order valence-corrected chi connectivity index (χ2v) is 8.10. The van der Waals surface area contributed by atoms with Crippen molar-refractivity contribution >= 4 is 28.3 Å². The van der Waals surface area contributed by atoms with Crippen LogP contribution in [0, 0.1) is 19.8 Å². The Kier molecular flexibility index (Phi) is 4.01. The molecule has 29 heavy (non-hydrogen) atoms. The molecule has 6 heteroatoms. The van der Waals surface area contributed by atoms with E-state index in [1.165, 1.54) is 0 Å². The molecule has 0 saturated heterocycles. The van der Waals surface area contributed by atoms with Crippen LogP contribution in [0.15, 0.2) is 42.5 Å². The molecule has 6 nitrogen and oxygen atoms in total. The molecule has 0 aliphatic heterocycles. The topological polar surface area (TPSA) is 75.6 Å². The number of anilines is 2. The van der Waals surface area contributed by atoms with Gasteiger partial charge in [-0.15, -0.1) is 5.10 Å². The molecular formula is C23H23N5O. The normalized spacial score (nSPS) is 16.2. The van der Waals surface area contributed by atoms with Crippen LogP contribution < -0.4 is 5.32 Å².